The minimum Gasteiger partial charge on any atom is -0.258 e. The van der Waals surface area contributed by atoms with E-state index in [1.54, 1.807) is 18.2 Å². The predicted octanol–water partition coefficient (Wildman–Crippen LogP) is 2.84. The Hall–Kier alpha value is -1.47. The van der Waals surface area contributed by atoms with E-state index in [-0.39, 0.29) is 5.69 Å². The molecule has 0 unspecified atom stereocenters. The van der Waals surface area contributed by atoms with Gasteiger partial charge in [-0.05, 0) is 23.9 Å². The summed E-state index contributed by atoms with van der Waals surface area (Å²) in [5, 5.41) is 12.0. The first-order valence-electron chi connectivity index (χ1n) is 4.34. The Morgan fingerprint density at radius 1 is 1.44 bits per heavy atom. The van der Waals surface area contributed by atoms with Crippen molar-refractivity contribution < 1.29 is 4.92 Å². The molecule has 16 heavy (non-hydrogen) atoms. The standard InChI is InChI=1S/C9H7N3O2S2/c1-15-9-10-8(16-11-9)6-4-2-3-5-7(6)12(13)14/h2-5H,1H3. The summed E-state index contributed by atoms with van der Waals surface area (Å²) in [6.45, 7) is 0. The van der Waals surface area contributed by atoms with E-state index in [9.17, 15) is 10.1 Å². The first-order chi connectivity index (χ1) is 7.72. The van der Waals surface area contributed by atoms with E-state index in [0.29, 0.717) is 15.7 Å². The van der Waals surface area contributed by atoms with Gasteiger partial charge in [0.15, 0.2) is 10.2 Å². The van der Waals surface area contributed by atoms with Crippen molar-refractivity contribution in [3.63, 3.8) is 0 Å². The fourth-order valence-electron chi connectivity index (χ4n) is 1.22. The molecule has 1 aromatic heterocycles. The number of nitrogens with zero attached hydrogens (tertiary/aromatic N) is 3. The second-order valence-electron chi connectivity index (χ2n) is 2.86. The van der Waals surface area contributed by atoms with Crippen LogP contribution in [0.2, 0.25) is 0 Å². The summed E-state index contributed by atoms with van der Waals surface area (Å²) in [7, 11) is 0. The second-order valence-corrected chi connectivity index (χ2v) is 4.39. The molecule has 1 aromatic carbocycles. The van der Waals surface area contributed by atoms with E-state index in [0.717, 1.165) is 0 Å². The summed E-state index contributed by atoms with van der Waals surface area (Å²) in [5.41, 5.74) is 0.580. The van der Waals surface area contributed by atoms with Gasteiger partial charge >= 0.3 is 0 Å². The third-order valence-corrected chi connectivity index (χ3v) is 3.33. The summed E-state index contributed by atoms with van der Waals surface area (Å²) in [4.78, 5) is 14.6. The van der Waals surface area contributed by atoms with Crippen LogP contribution in [0.3, 0.4) is 0 Å². The predicted molar refractivity (Wildman–Crippen MR) is 63.8 cm³/mol. The van der Waals surface area contributed by atoms with Gasteiger partial charge in [0.05, 0.1) is 10.5 Å². The molecule has 1 heterocycles. The molecular formula is C9H7N3O2S2. The molecule has 0 fully saturated rings. The van der Waals surface area contributed by atoms with E-state index < -0.39 is 4.92 Å². The zero-order chi connectivity index (χ0) is 11.5. The quantitative estimate of drug-likeness (QED) is 0.478. The van der Waals surface area contributed by atoms with E-state index in [2.05, 4.69) is 9.36 Å². The molecule has 5 nitrogen and oxygen atoms in total. The minimum atomic E-state index is -0.407. The maximum Gasteiger partial charge on any atom is 0.279 e. The number of rotatable bonds is 3. The van der Waals surface area contributed by atoms with Crippen LogP contribution in [0.1, 0.15) is 0 Å². The summed E-state index contributed by atoms with van der Waals surface area (Å²) in [6.07, 6.45) is 1.87. The number of para-hydroxylation sites is 1. The van der Waals surface area contributed by atoms with Crippen LogP contribution in [0.5, 0.6) is 0 Å². The van der Waals surface area contributed by atoms with Crippen LogP contribution >= 0.6 is 23.3 Å². The number of nitro groups is 1. The first kappa shape index (κ1) is 11.0. The number of aromatic nitrogens is 2. The van der Waals surface area contributed by atoms with Gasteiger partial charge in [-0.1, -0.05) is 23.9 Å². The number of nitro benzene ring substituents is 1. The number of benzene rings is 1. The number of thioether (sulfide) groups is 1. The van der Waals surface area contributed by atoms with Crippen molar-refractivity contribution in [1.29, 1.82) is 0 Å². The zero-order valence-corrected chi connectivity index (χ0v) is 9.92. The average molecular weight is 253 g/mol. The Morgan fingerprint density at radius 3 is 2.81 bits per heavy atom. The normalized spacial score (nSPS) is 10.3. The molecular weight excluding hydrogens is 246 g/mol. The van der Waals surface area contributed by atoms with Crippen LogP contribution in [-0.4, -0.2) is 20.5 Å². The smallest absolute Gasteiger partial charge is 0.258 e. The largest absolute Gasteiger partial charge is 0.279 e. The zero-order valence-electron chi connectivity index (χ0n) is 8.28. The lowest BCUT2D eigenvalue weighted by Crippen LogP contribution is -1.90. The SMILES string of the molecule is CSc1nsc(-c2ccccc2[N+](=O)[O-])n1. The van der Waals surface area contributed by atoms with Crippen LogP contribution in [-0.2, 0) is 0 Å². The first-order valence-corrected chi connectivity index (χ1v) is 6.33. The van der Waals surface area contributed by atoms with E-state index in [1.165, 1.54) is 29.4 Å². The Bertz CT molecular complexity index is 527. The van der Waals surface area contributed by atoms with Crippen molar-refractivity contribution in [2.45, 2.75) is 5.16 Å². The topological polar surface area (TPSA) is 68.9 Å². The lowest BCUT2D eigenvalue weighted by atomic mass is 10.2. The Balaban J connectivity index is 2.50. The van der Waals surface area contributed by atoms with Crippen LogP contribution in [0, 0.1) is 10.1 Å². The van der Waals surface area contributed by atoms with E-state index in [4.69, 9.17) is 0 Å². The monoisotopic (exact) mass is 253 g/mol. The molecule has 0 bridgehead atoms. The number of hydrogen-bond donors (Lipinski definition) is 0. The highest BCUT2D eigenvalue weighted by molar-refractivity contribution is 7.98. The van der Waals surface area contributed by atoms with Crippen LogP contribution in [0.15, 0.2) is 29.4 Å². The van der Waals surface area contributed by atoms with Crippen LogP contribution in [0.25, 0.3) is 10.6 Å². The molecule has 0 aliphatic rings. The highest BCUT2D eigenvalue weighted by Gasteiger charge is 2.17. The molecule has 0 N–H and O–H groups in total. The molecule has 0 aliphatic heterocycles. The lowest BCUT2D eigenvalue weighted by molar-refractivity contribution is -0.384. The molecule has 0 spiro atoms. The van der Waals surface area contributed by atoms with E-state index >= 15 is 0 Å². The molecule has 0 aliphatic carbocycles. The maximum absolute atomic E-state index is 10.8. The third-order valence-electron chi connectivity index (χ3n) is 1.92. The van der Waals surface area contributed by atoms with Crippen molar-refractivity contribution in [1.82, 2.24) is 9.36 Å². The molecule has 0 saturated heterocycles. The van der Waals surface area contributed by atoms with Gasteiger partial charge in [-0.15, -0.1) is 0 Å². The molecule has 0 saturated carbocycles. The molecule has 0 atom stereocenters. The van der Waals surface area contributed by atoms with E-state index in [1.807, 2.05) is 6.26 Å². The van der Waals surface area contributed by atoms with Gasteiger partial charge in [0, 0.05) is 6.07 Å². The highest BCUT2D eigenvalue weighted by Crippen LogP contribution is 2.31. The fourth-order valence-corrected chi connectivity index (χ4v) is 2.47. The van der Waals surface area contributed by atoms with Gasteiger partial charge in [-0.2, -0.15) is 4.37 Å². The van der Waals surface area contributed by atoms with Crippen LogP contribution in [0.4, 0.5) is 5.69 Å². The van der Waals surface area contributed by atoms with Crippen molar-refractivity contribution in [3.05, 3.63) is 34.4 Å². The Labute approximate surface area is 99.9 Å². The molecule has 82 valence electrons. The Kier molecular flexibility index (Phi) is 3.16. The van der Waals surface area contributed by atoms with Crippen molar-refractivity contribution >= 4 is 29.0 Å². The van der Waals surface area contributed by atoms with Gasteiger partial charge in [-0.3, -0.25) is 10.1 Å². The van der Waals surface area contributed by atoms with Crippen molar-refractivity contribution in [2.75, 3.05) is 6.26 Å². The average Bonchev–Trinajstić information content (AvgIpc) is 2.77. The summed E-state index contributed by atoms with van der Waals surface area (Å²) < 4.78 is 4.08. The molecule has 2 rings (SSSR count). The molecule has 0 radical (unpaired) electrons. The summed E-state index contributed by atoms with van der Waals surface area (Å²) in [5.74, 6) is 0. The molecule has 0 amide bonds. The third kappa shape index (κ3) is 2.05. The lowest BCUT2D eigenvalue weighted by Gasteiger charge is -1.96. The highest BCUT2D eigenvalue weighted by atomic mass is 32.2. The van der Waals surface area contributed by atoms with Gasteiger partial charge in [0.1, 0.15) is 0 Å². The van der Waals surface area contributed by atoms with Gasteiger partial charge in [-0.25, -0.2) is 4.98 Å². The summed E-state index contributed by atoms with van der Waals surface area (Å²) in [6, 6.07) is 6.54. The fraction of sp³-hybridized carbons (Fsp3) is 0.111. The van der Waals surface area contributed by atoms with Crippen molar-refractivity contribution in [3.8, 4) is 10.6 Å². The Morgan fingerprint density at radius 2 is 2.19 bits per heavy atom. The minimum absolute atomic E-state index is 0.0614. The van der Waals surface area contributed by atoms with Crippen LogP contribution < -0.4 is 0 Å². The summed E-state index contributed by atoms with van der Waals surface area (Å²) >= 11 is 2.59. The van der Waals surface area contributed by atoms with Gasteiger partial charge in [0.25, 0.3) is 5.69 Å². The van der Waals surface area contributed by atoms with Gasteiger partial charge in [0.2, 0.25) is 0 Å². The molecule has 2 aromatic rings. The molecule has 7 heteroatoms. The van der Waals surface area contributed by atoms with Gasteiger partial charge < -0.3 is 0 Å². The van der Waals surface area contributed by atoms with Crippen molar-refractivity contribution in [2.24, 2.45) is 0 Å². The second kappa shape index (κ2) is 4.58. The number of hydrogen-bond acceptors (Lipinski definition) is 6. The maximum atomic E-state index is 10.8.